The zero-order valence-corrected chi connectivity index (χ0v) is 26.6. The van der Waals surface area contributed by atoms with Crippen LogP contribution in [0.3, 0.4) is 0 Å². The number of aryl methyl sites for hydroxylation is 1. The lowest BCUT2D eigenvalue weighted by Crippen LogP contribution is -2.44. The monoisotopic (exact) mass is 655 g/mol. The van der Waals surface area contributed by atoms with E-state index in [1.807, 2.05) is 31.2 Å². The summed E-state index contributed by atoms with van der Waals surface area (Å²) in [5.41, 5.74) is 2.06. The number of benzene rings is 1. The molecule has 2 aromatic heterocycles. The second kappa shape index (κ2) is 19.6. The van der Waals surface area contributed by atoms with Crippen molar-refractivity contribution in [2.45, 2.75) is 55.7 Å². The number of carboxylic acids is 1. The molecule has 2 aliphatic rings. The van der Waals surface area contributed by atoms with Crippen molar-refractivity contribution in [3.05, 3.63) is 47.7 Å². The molecule has 2 fully saturated rings. The van der Waals surface area contributed by atoms with Crippen LogP contribution in [-0.2, 0) is 35.2 Å². The topological polar surface area (TPSA) is 216 Å². The number of carboxylic acid groups (broad SMARTS) is 1. The van der Waals surface area contributed by atoms with E-state index in [-0.39, 0.29) is 18.7 Å². The fraction of sp³-hybridized carbons (Fsp3) is 0.433. The van der Waals surface area contributed by atoms with Crippen molar-refractivity contribution in [2.24, 2.45) is 5.92 Å². The Labute approximate surface area is 269 Å². The van der Waals surface area contributed by atoms with Crippen molar-refractivity contribution >= 4 is 53.3 Å². The molecule has 16 heteroatoms. The average Bonchev–Trinajstić information content (AvgIpc) is 3.77. The normalized spacial score (nSPS) is 14.4. The standard InChI is InChI=1S/C24H29N7OS.C4H8O3.2CO2/c1-16-13-22(29-28-16)25-21-15-23(31-11-9-30(2)10-12-31)27-24(26-21)33-19-7-3-17(4-8-19)14-20(32)18-5-6-18;1-3(5)2-4(6)7;2*2-1-3/h3-4,7-8,13,15,18H,5-6,9-12,14H2,1-2H3,(H2,25,26,27,28,29);3,5H,2H2,1H3,(H,6,7);;. The molecule has 1 unspecified atom stereocenters. The van der Waals surface area contributed by atoms with Crippen LogP contribution in [0.4, 0.5) is 17.5 Å². The van der Waals surface area contributed by atoms with E-state index in [1.165, 1.54) is 18.7 Å². The first-order chi connectivity index (χ1) is 22.0. The van der Waals surface area contributed by atoms with Gasteiger partial charge in [0.2, 0.25) is 0 Å². The maximum atomic E-state index is 12.1. The van der Waals surface area contributed by atoms with E-state index in [2.05, 4.69) is 44.5 Å². The van der Waals surface area contributed by atoms with Gasteiger partial charge >= 0.3 is 18.3 Å². The predicted octanol–water partition coefficient (Wildman–Crippen LogP) is 2.35. The van der Waals surface area contributed by atoms with Gasteiger partial charge in [-0.05, 0) is 63.2 Å². The molecule has 1 saturated heterocycles. The van der Waals surface area contributed by atoms with Gasteiger partial charge in [0.1, 0.15) is 17.4 Å². The molecule has 1 aliphatic carbocycles. The number of nitrogens with one attached hydrogen (secondary N) is 2. The van der Waals surface area contributed by atoms with Crippen LogP contribution >= 0.6 is 11.8 Å². The van der Waals surface area contributed by atoms with E-state index < -0.39 is 12.1 Å². The quantitative estimate of drug-likeness (QED) is 0.231. The van der Waals surface area contributed by atoms with Crippen molar-refractivity contribution in [3.63, 3.8) is 0 Å². The summed E-state index contributed by atoms with van der Waals surface area (Å²) in [5.74, 6) is 2.07. The number of rotatable bonds is 10. The summed E-state index contributed by atoms with van der Waals surface area (Å²) in [6.45, 7) is 7.29. The second-order valence-electron chi connectivity index (χ2n) is 10.5. The van der Waals surface area contributed by atoms with E-state index >= 15 is 0 Å². The molecule has 0 amide bonds. The number of aliphatic carboxylic acids is 1. The number of likely N-dealkylation sites (N-methyl/N-ethyl adjacent to an activating group) is 1. The molecule has 3 aromatic rings. The third kappa shape index (κ3) is 14.4. The number of aliphatic hydroxyl groups excluding tert-OH is 1. The van der Waals surface area contributed by atoms with Gasteiger partial charge in [0.25, 0.3) is 0 Å². The Hall–Kier alpha value is -4.72. The molecule has 1 aliphatic heterocycles. The maximum Gasteiger partial charge on any atom is 0.373 e. The summed E-state index contributed by atoms with van der Waals surface area (Å²) in [7, 11) is 2.15. The molecule has 1 saturated carbocycles. The van der Waals surface area contributed by atoms with Gasteiger partial charge < -0.3 is 25.3 Å². The van der Waals surface area contributed by atoms with Gasteiger partial charge in [-0.2, -0.15) is 24.3 Å². The first-order valence-electron chi connectivity index (χ1n) is 14.3. The Balaban J connectivity index is 0.000000485. The van der Waals surface area contributed by atoms with Crippen LogP contribution in [0.1, 0.15) is 37.4 Å². The smallest absolute Gasteiger partial charge is 0.373 e. The number of aromatic amines is 1. The van der Waals surface area contributed by atoms with E-state index in [0.717, 1.165) is 72.6 Å². The van der Waals surface area contributed by atoms with Crippen LogP contribution in [-0.4, -0.2) is 98.7 Å². The van der Waals surface area contributed by atoms with Crippen LogP contribution in [0.5, 0.6) is 0 Å². The average molecular weight is 656 g/mol. The van der Waals surface area contributed by atoms with Crippen molar-refractivity contribution in [2.75, 3.05) is 43.4 Å². The number of ketones is 1. The van der Waals surface area contributed by atoms with Gasteiger partial charge in [-0.25, -0.2) is 9.97 Å². The number of hydrogen-bond donors (Lipinski definition) is 4. The molecule has 0 spiro atoms. The third-order valence-electron chi connectivity index (χ3n) is 6.50. The second-order valence-corrected chi connectivity index (χ2v) is 11.6. The van der Waals surface area contributed by atoms with Gasteiger partial charge in [0.15, 0.2) is 11.0 Å². The molecule has 246 valence electrons. The van der Waals surface area contributed by atoms with Gasteiger partial charge in [0.05, 0.1) is 12.5 Å². The lowest BCUT2D eigenvalue weighted by atomic mass is 10.1. The summed E-state index contributed by atoms with van der Waals surface area (Å²) >= 11 is 1.53. The fourth-order valence-electron chi connectivity index (χ4n) is 4.12. The Bertz CT molecular complexity index is 1460. The predicted molar refractivity (Wildman–Crippen MR) is 164 cm³/mol. The molecule has 4 N–H and O–H groups in total. The van der Waals surface area contributed by atoms with E-state index in [9.17, 15) is 9.59 Å². The minimum atomic E-state index is -0.963. The minimum Gasteiger partial charge on any atom is -0.481 e. The maximum absolute atomic E-state index is 12.1. The van der Waals surface area contributed by atoms with Gasteiger partial charge in [-0.15, -0.1) is 0 Å². The summed E-state index contributed by atoms with van der Waals surface area (Å²) in [4.78, 5) is 69.5. The zero-order chi connectivity index (χ0) is 34.1. The molecule has 0 bridgehead atoms. The van der Waals surface area contributed by atoms with Gasteiger partial charge in [0, 0.05) is 61.2 Å². The summed E-state index contributed by atoms with van der Waals surface area (Å²) in [6, 6.07) is 12.1. The molecular weight excluding hydrogens is 618 g/mol. The Kier molecular flexibility index (Phi) is 16.0. The van der Waals surface area contributed by atoms with E-state index in [1.54, 1.807) is 0 Å². The highest BCUT2D eigenvalue weighted by molar-refractivity contribution is 7.99. The SMILES string of the molecule is CC(O)CC(=O)O.Cc1cc(Nc2cc(N3CCN(C)CC3)nc(Sc3ccc(CC(=O)C4CC4)cc3)n2)n[nH]1.O=C=O.O=C=O. The highest BCUT2D eigenvalue weighted by Gasteiger charge is 2.29. The number of carbonyl (C=O) groups is 2. The minimum absolute atomic E-state index is 0.167. The number of hydrogen-bond acceptors (Lipinski definition) is 14. The number of H-pyrrole nitrogens is 1. The third-order valence-corrected chi connectivity index (χ3v) is 7.37. The van der Waals surface area contributed by atoms with E-state index in [0.29, 0.717) is 23.3 Å². The molecule has 3 heterocycles. The number of carbonyl (C=O) groups excluding carboxylic acids is 5. The molecule has 15 nitrogen and oxygen atoms in total. The highest BCUT2D eigenvalue weighted by Crippen LogP contribution is 2.32. The fourth-order valence-corrected chi connectivity index (χ4v) is 4.88. The van der Waals surface area contributed by atoms with Gasteiger partial charge in [-0.3, -0.25) is 14.7 Å². The van der Waals surface area contributed by atoms with Crippen LogP contribution in [0.25, 0.3) is 0 Å². The number of aliphatic hydroxyl groups is 1. The number of piperazine rings is 1. The number of Topliss-reactive ketones (excluding diaryl/α,β-unsaturated/α-hetero) is 1. The van der Waals surface area contributed by atoms with Gasteiger partial charge in [-0.1, -0.05) is 12.1 Å². The lowest BCUT2D eigenvalue weighted by Gasteiger charge is -2.33. The van der Waals surface area contributed by atoms with Crippen molar-refractivity contribution in [3.8, 4) is 0 Å². The molecule has 46 heavy (non-hydrogen) atoms. The van der Waals surface area contributed by atoms with Crippen LogP contribution < -0.4 is 10.2 Å². The number of nitrogens with zero attached hydrogens (tertiary/aromatic N) is 5. The molecule has 1 aromatic carbocycles. The van der Waals surface area contributed by atoms with Crippen molar-refractivity contribution < 1.29 is 39.0 Å². The first kappa shape index (κ1) is 37.5. The summed E-state index contributed by atoms with van der Waals surface area (Å²) in [6.07, 6.45) is 2.25. The Morgan fingerprint density at radius 3 is 2.11 bits per heavy atom. The summed E-state index contributed by atoms with van der Waals surface area (Å²) in [5, 5.41) is 27.5. The molecule has 5 rings (SSSR count). The lowest BCUT2D eigenvalue weighted by molar-refractivity contribution is -0.193. The highest BCUT2D eigenvalue weighted by atomic mass is 32.2. The Morgan fingerprint density at radius 2 is 1.63 bits per heavy atom. The molecule has 1 atom stereocenters. The van der Waals surface area contributed by atoms with Crippen molar-refractivity contribution in [1.29, 1.82) is 0 Å². The largest absolute Gasteiger partial charge is 0.481 e. The van der Waals surface area contributed by atoms with Crippen molar-refractivity contribution in [1.82, 2.24) is 25.1 Å². The molecule has 0 radical (unpaired) electrons. The van der Waals surface area contributed by atoms with Crippen LogP contribution in [0.2, 0.25) is 0 Å². The number of aromatic nitrogens is 4. The first-order valence-corrected chi connectivity index (χ1v) is 15.1. The Morgan fingerprint density at radius 1 is 1.02 bits per heavy atom. The van der Waals surface area contributed by atoms with Crippen LogP contribution in [0, 0.1) is 12.8 Å². The molecular formula is C30H37N7O8S. The van der Waals surface area contributed by atoms with E-state index in [4.69, 9.17) is 39.4 Å². The summed E-state index contributed by atoms with van der Waals surface area (Å²) < 4.78 is 0. The number of anilines is 3. The van der Waals surface area contributed by atoms with Crippen LogP contribution in [0.15, 0.2) is 46.5 Å². The zero-order valence-electron chi connectivity index (χ0n) is 25.8.